The maximum Gasteiger partial charge on any atom is 0.143 e. The minimum atomic E-state index is -0.491. The summed E-state index contributed by atoms with van der Waals surface area (Å²) < 4.78 is 13.5. The van der Waals surface area contributed by atoms with E-state index in [-0.39, 0.29) is 5.56 Å². The van der Waals surface area contributed by atoms with Crippen LogP contribution in [-0.2, 0) is 6.54 Å². The quantitative estimate of drug-likeness (QED) is 0.904. The molecule has 0 spiro atoms. The molecule has 0 aromatic heterocycles. The highest BCUT2D eigenvalue weighted by atomic mass is 19.1. The van der Waals surface area contributed by atoms with Crippen LogP contribution in [0.1, 0.15) is 27.8 Å². The van der Waals surface area contributed by atoms with Gasteiger partial charge in [0.25, 0.3) is 0 Å². The van der Waals surface area contributed by atoms with Crippen molar-refractivity contribution in [3.8, 4) is 6.07 Å². The Kier molecular flexibility index (Phi) is 4.05. The third-order valence-electron chi connectivity index (χ3n) is 3.42. The minimum absolute atomic E-state index is 0.0647. The summed E-state index contributed by atoms with van der Waals surface area (Å²) in [5.41, 5.74) is 5.41. The molecule has 0 saturated heterocycles. The lowest BCUT2D eigenvalue weighted by Crippen LogP contribution is -2.06. The van der Waals surface area contributed by atoms with Gasteiger partial charge in [-0.3, -0.25) is 0 Å². The van der Waals surface area contributed by atoms with Crippen molar-refractivity contribution in [2.24, 2.45) is 0 Å². The molecule has 0 unspecified atom stereocenters. The van der Waals surface area contributed by atoms with Crippen molar-refractivity contribution in [3.05, 3.63) is 64.0 Å². The Morgan fingerprint density at radius 3 is 2.40 bits per heavy atom. The van der Waals surface area contributed by atoms with E-state index in [9.17, 15) is 4.39 Å². The molecule has 2 aromatic rings. The fraction of sp³-hybridized carbons (Fsp3) is 0.235. The molecule has 0 heterocycles. The summed E-state index contributed by atoms with van der Waals surface area (Å²) in [5, 5.41) is 12.2. The second kappa shape index (κ2) is 5.75. The van der Waals surface area contributed by atoms with Crippen molar-refractivity contribution in [3.63, 3.8) is 0 Å². The SMILES string of the molecule is Cc1cc(C)c(CNc2cccc(F)c2C#N)c(C)c1. The van der Waals surface area contributed by atoms with Gasteiger partial charge < -0.3 is 5.32 Å². The molecule has 0 radical (unpaired) electrons. The van der Waals surface area contributed by atoms with E-state index in [1.54, 1.807) is 12.1 Å². The van der Waals surface area contributed by atoms with E-state index >= 15 is 0 Å². The van der Waals surface area contributed by atoms with E-state index in [1.807, 2.05) is 6.07 Å². The van der Waals surface area contributed by atoms with Crippen LogP contribution in [0.3, 0.4) is 0 Å². The Bertz CT molecular complexity index is 661. The number of anilines is 1. The highest BCUT2D eigenvalue weighted by Gasteiger charge is 2.09. The Morgan fingerprint density at radius 1 is 1.15 bits per heavy atom. The van der Waals surface area contributed by atoms with Crippen molar-refractivity contribution in [2.45, 2.75) is 27.3 Å². The largest absolute Gasteiger partial charge is 0.380 e. The number of nitrogens with zero attached hydrogens (tertiary/aromatic N) is 1. The van der Waals surface area contributed by atoms with Gasteiger partial charge in [0, 0.05) is 6.54 Å². The highest BCUT2D eigenvalue weighted by molar-refractivity contribution is 5.58. The van der Waals surface area contributed by atoms with Crippen molar-refractivity contribution >= 4 is 5.69 Å². The zero-order chi connectivity index (χ0) is 14.7. The molecule has 0 saturated carbocycles. The average molecular weight is 268 g/mol. The molecule has 2 rings (SSSR count). The molecule has 20 heavy (non-hydrogen) atoms. The minimum Gasteiger partial charge on any atom is -0.380 e. The molecule has 0 amide bonds. The van der Waals surface area contributed by atoms with Crippen LogP contribution in [0.5, 0.6) is 0 Å². The summed E-state index contributed by atoms with van der Waals surface area (Å²) in [5.74, 6) is -0.491. The number of nitrogens with one attached hydrogen (secondary N) is 1. The number of benzene rings is 2. The van der Waals surface area contributed by atoms with Crippen molar-refractivity contribution < 1.29 is 4.39 Å². The van der Waals surface area contributed by atoms with Crippen LogP contribution in [0.4, 0.5) is 10.1 Å². The molecular weight excluding hydrogens is 251 g/mol. The van der Waals surface area contributed by atoms with Gasteiger partial charge in [-0.2, -0.15) is 5.26 Å². The van der Waals surface area contributed by atoms with Crippen molar-refractivity contribution in [1.29, 1.82) is 5.26 Å². The average Bonchev–Trinajstić information content (AvgIpc) is 2.37. The van der Waals surface area contributed by atoms with Gasteiger partial charge in [0.1, 0.15) is 17.4 Å². The Labute approximate surface area is 118 Å². The zero-order valence-corrected chi connectivity index (χ0v) is 11.9. The van der Waals surface area contributed by atoms with Crippen LogP contribution in [0.25, 0.3) is 0 Å². The van der Waals surface area contributed by atoms with E-state index in [0.717, 1.165) is 0 Å². The molecule has 0 bridgehead atoms. The van der Waals surface area contributed by atoms with Crippen LogP contribution in [0.2, 0.25) is 0 Å². The first-order valence-electron chi connectivity index (χ1n) is 6.52. The Hall–Kier alpha value is -2.34. The summed E-state index contributed by atoms with van der Waals surface area (Å²) in [6.45, 7) is 6.77. The molecule has 2 aromatic carbocycles. The molecule has 3 heteroatoms. The van der Waals surface area contributed by atoms with Gasteiger partial charge in [0.05, 0.1) is 5.69 Å². The first-order valence-corrected chi connectivity index (χ1v) is 6.52. The molecule has 1 N–H and O–H groups in total. The monoisotopic (exact) mass is 268 g/mol. The van der Waals surface area contributed by atoms with E-state index in [1.165, 1.54) is 28.3 Å². The van der Waals surface area contributed by atoms with Crippen LogP contribution in [0, 0.1) is 37.9 Å². The molecule has 0 aliphatic carbocycles. The van der Waals surface area contributed by atoms with Crippen LogP contribution in [0.15, 0.2) is 30.3 Å². The van der Waals surface area contributed by atoms with Crippen LogP contribution >= 0.6 is 0 Å². The lowest BCUT2D eigenvalue weighted by Gasteiger charge is -2.14. The van der Waals surface area contributed by atoms with Gasteiger partial charge in [0.15, 0.2) is 0 Å². The second-order valence-corrected chi connectivity index (χ2v) is 5.01. The molecule has 102 valence electrons. The lowest BCUT2D eigenvalue weighted by molar-refractivity contribution is 0.624. The molecule has 0 aliphatic heterocycles. The molecule has 0 atom stereocenters. The van der Waals surface area contributed by atoms with Gasteiger partial charge in [-0.25, -0.2) is 4.39 Å². The Morgan fingerprint density at radius 2 is 1.80 bits per heavy atom. The number of hydrogen-bond donors (Lipinski definition) is 1. The van der Waals surface area contributed by atoms with E-state index in [0.29, 0.717) is 12.2 Å². The first kappa shape index (κ1) is 14.1. The van der Waals surface area contributed by atoms with Crippen LogP contribution < -0.4 is 5.32 Å². The van der Waals surface area contributed by atoms with Gasteiger partial charge >= 0.3 is 0 Å². The third-order valence-corrected chi connectivity index (χ3v) is 3.42. The number of rotatable bonds is 3. The van der Waals surface area contributed by atoms with E-state index < -0.39 is 5.82 Å². The molecular formula is C17H17FN2. The summed E-state index contributed by atoms with van der Waals surface area (Å²) in [6.07, 6.45) is 0. The summed E-state index contributed by atoms with van der Waals surface area (Å²) in [6, 6.07) is 10.8. The normalized spacial score (nSPS) is 10.2. The lowest BCUT2D eigenvalue weighted by atomic mass is 9.99. The molecule has 0 aliphatic rings. The summed E-state index contributed by atoms with van der Waals surface area (Å²) in [7, 11) is 0. The second-order valence-electron chi connectivity index (χ2n) is 5.01. The first-order chi connectivity index (χ1) is 9.52. The number of aryl methyl sites for hydroxylation is 3. The van der Waals surface area contributed by atoms with Gasteiger partial charge in [-0.05, 0) is 49.6 Å². The smallest absolute Gasteiger partial charge is 0.143 e. The van der Waals surface area contributed by atoms with Crippen LogP contribution in [-0.4, -0.2) is 0 Å². The highest BCUT2D eigenvalue weighted by Crippen LogP contribution is 2.21. The Balaban J connectivity index is 2.27. The fourth-order valence-electron chi connectivity index (χ4n) is 2.46. The molecule has 0 fully saturated rings. The standard InChI is InChI=1S/C17H17FN2/c1-11-7-12(2)15(13(3)8-11)10-20-17-6-4-5-16(18)14(17)9-19/h4-8,20H,10H2,1-3H3. The number of hydrogen-bond acceptors (Lipinski definition) is 2. The van der Waals surface area contributed by atoms with Gasteiger partial charge in [-0.15, -0.1) is 0 Å². The topological polar surface area (TPSA) is 35.8 Å². The number of nitriles is 1. The predicted octanol–water partition coefficient (Wildman–Crippen LogP) is 4.23. The predicted molar refractivity (Wildman–Crippen MR) is 79.1 cm³/mol. The number of halogens is 1. The van der Waals surface area contributed by atoms with Crippen molar-refractivity contribution in [1.82, 2.24) is 0 Å². The summed E-state index contributed by atoms with van der Waals surface area (Å²) >= 11 is 0. The summed E-state index contributed by atoms with van der Waals surface area (Å²) in [4.78, 5) is 0. The van der Waals surface area contributed by atoms with Crippen molar-refractivity contribution in [2.75, 3.05) is 5.32 Å². The third kappa shape index (κ3) is 2.80. The fourth-order valence-corrected chi connectivity index (χ4v) is 2.46. The van der Waals surface area contributed by atoms with E-state index in [4.69, 9.17) is 5.26 Å². The molecule has 2 nitrogen and oxygen atoms in total. The van der Waals surface area contributed by atoms with Gasteiger partial charge in [0.2, 0.25) is 0 Å². The maximum atomic E-state index is 13.5. The zero-order valence-electron chi connectivity index (χ0n) is 11.9. The van der Waals surface area contributed by atoms with Gasteiger partial charge in [-0.1, -0.05) is 23.8 Å². The maximum absolute atomic E-state index is 13.5. The van der Waals surface area contributed by atoms with E-state index in [2.05, 4.69) is 38.2 Å².